The molecule has 0 aliphatic carbocycles. The topological polar surface area (TPSA) is 21.3 Å². The molecule has 0 spiro atoms. The van der Waals surface area contributed by atoms with Gasteiger partial charge < -0.3 is 13.9 Å². The van der Waals surface area contributed by atoms with Crippen LogP contribution in [0.25, 0.3) is 124 Å². The molecule has 0 N–H and O–H groups in total. The van der Waals surface area contributed by atoms with E-state index in [2.05, 4.69) is 240 Å². The fourth-order valence-corrected chi connectivity index (χ4v) is 12.6. The number of hydrogen-bond donors (Lipinski definition) is 0. The summed E-state index contributed by atoms with van der Waals surface area (Å²) in [4.78, 5) is 2.35. The van der Waals surface area contributed by atoms with E-state index in [1.807, 2.05) is 23.5 Å². The zero-order chi connectivity index (χ0) is 45.9. The average molecular weight is 909 g/mol. The molecule has 12 aromatic carbocycles. The molecule has 4 heteroatoms. The van der Waals surface area contributed by atoms with Gasteiger partial charge >= 0.3 is 0 Å². The number of nitrogens with zero attached hydrogens (tertiary/aromatic N) is 2. The molecule has 0 atom stereocenters. The van der Waals surface area contributed by atoms with Gasteiger partial charge in [-0.2, -0.15) is 0 Å². The second-order valence-electron chi connectivity index (χ2n) is 18.4. The van der Waals surface area contributed by atoms with E-state index in [4.69, 9.17) is 4.42 Å². The fraction of sp³-hybridized carbons (Fsp3) is 0. The second-order valence-corrected chi connectivity index (χ2v) is 19.4. The molecule has 326 valence electrons. The van der Waals surface area contributed by atoms with Gasteiger partial charge in [0.25, 0.3) is 0 Å². The number of thiophene rings is 1. The molecule has 3 aromatic heterocycles. The van der Waals surface area contributed by atoms with Gasteiger partial charge in [0.2, 0.25) is 0 Å². The van der Waals surface area contributed by atoms with Crippen LogP contribution >= 0.6 is 11.3 Å². The Labute approximate surface area is 406 Å². The van der Waals surface area contributed by atoms with E-state index in [0.717, 1.165) is 50.3 Å². The van der Waals surface area contributed by atoms with Gasteiger partial charge in [0, 0.05) is 53.4 Å². The van der Waals surface area contributed by atoms with Crippen LogP contribution in [0.3, 0.4) is 0 Å². The Morgan fingerprint density at radius 1 is 0.343 bits per heavy atom. The number of aromatic nitrogens is 1. The van der Waals surface area contributed by atoms with Crippen LogP contribution < -0.4 is 4.90 Å². The van der Waals surface area contributed by atoms with E-state index in [1.165, 1.54) is 91.0 Å². The summed E-state index contributed by atoms with van der Waals surface area (Å²) in [5, 5.41) is 14.9. The van der Waals surface area contributed by atoms with Gasteiger partial charge in [-0.3, -0.25) is 0 Å². The average Bonchev–Trinajstić information content (AvgIpc) is 4.11. The summed E-state index contributed by atoms with van der Waals surface area (Å²) in [6.07, 6.45) is 0. The lowest BCUT2D eigenvalue weighted by Gasteiger charge is -2.26. The normalized spacial score (nSPS) is 12.0. The maximum Gasteiger partial charge on any atom is 0.137 e. The molecule has 0 saturated carbocycles. The van der Waals surface area contributed by atoms with Gasteiger partial charge in [-0.05, 0) is 140 Å². The Morgan fingerprint density at radius 2 is 0.900 bits per heavy atom. The monoisotopic (exact) mass is 908 g/mol. The molecular formula is C66H40N2OS. The first-order valence-electron chi connectivity index (χ1n) is 23.9. The van der Waals surface area contributed by atoms with Crippen molar-refractivity contribution < 1.29 is 4.42 Å². The molecule has 70 heavy (non-hydrogen) atoms. The molecule has 0 aliphatic heterocycles. The molecule has 3 nitrogen and oxygen atoms in total. The Kier molecular flexibility index (Phi) is 8.53. The van der Waals surface area contributed by atoms with Crippen molar-refractivity contribution in [3.63, 3.8) is 0 Å². The van der Waals surface area contributed by atoms with E-state index < -0.39 is 0 Å². The van der Waals surface area contributed by atoms with Crippen LogP contribution in [0.15, 0.2) is 247 Å². The maximum absolute atomic E-state index is 6.37. The highest BCUT2D eigenvalue weighted by Crippen LogP contribution is 2.46. The van der Waals surface area contributed by atoms with Crippen LogP contribution in [0.4, 0.5) is 17.1 Å². The van der Waals surface area contributed by atoms with Gasteiger partial charge in [-0.1, -0.05) is 158 Å². The van der Waals surface area contributed by atoms with E-state index in [-0.39, 0.29) is 0 Å². The Hall–Kier alpha value is -8.96. The third-order valence-electron chi connectivity index (χ3n) is 14.6. The van der Waals surface area contributed by atoms with Crippen molar-refractivity contribution >= 4 is 125 Å². The lowest BCUT2D eigenvalue weighted by atomic mass is 9.94. The van der Waals surface area contributed by atoms with Gasteiger partial charge in [0.05, 0.1) is 22.1 Å². The number of hydrogen-bond acceptors (Lipinski definition) is 3. The molecule has 3 heterocycles. The minimum atomic E-state index is 0.873. The summed E-state index contributed by atoms with van der Waals surface area (Å²) < 4.78 is 11.5. The summed E-state index contributed by atoms with van der Waals surface area (Å²) in [6, 6.07) is 88.8. The molecular weight excluding hydrogens is 869 g/mol. The smallest absolute Gasteiger partial charge is 0.137 e. The number of rotatable bonds is 6. The predicted octanol–water partition coefficient (Wildman–Crippen LogP) is 19.3. The summed E-state index contributed by atoms with van der Waals surface area (Å²) in [5.74, 6) is 0. The Balaban J connectivity index is 0.920. The van der Waals surface area contributed by atoms with Gasteiger partial charge in [-0.25, -0.2) is 0 Å². The van der Waals surface area contributed by atoms with E-state index >= 15 is 0 Å². The number of furan rings is 1. The zero-order valence-corrected chi connectivity index (χ0v) is 38.6. The largest absolute Gasteiger partial charge is 0.456 e. The molecule has 0 fully saturated rings. The highest BCUT2D eigenvalue weighted by atomic mass is 32.1. The molecule has 0 aliphatic rings. The highest BCUT2D eigenvalue weighted by molar-refractivity contribution is 7.26. The number of para-hydroxylation sites is 2. The van der Waals surface area contributed by atoms with Crippen molar-refractivity contribution in [3.05, 3.63) is 243 Å². The van der Waals surface area contributed by atoms with Crippen molar-refractivity contribution in [1.82, 2.24) is 4.57 Å². The van der Waals surface area contributed by atoms with Crippen LogP contribution in [-0.4, -0.2) is 4.57 Å². The van der Waals surface area contributed by atoms with Gasteiger partial charge in [0.1, 0.15) is 11.2 Å². The molecule has 0 amide bonds. The van der Waals surface area contributed by atoms with Gasteiger partial charge in [0.15, 0.2) is 0 Å². The van der Waals surface area contributed by atoms with E-state index in [9.17, 15) is 0 Å². The number of fused-ring (bicyclic) bond motifs is 15. The number of anilines is 3. The third-order valence-corrected chi connectivity index (χ3v) is 15.8. The molecule has 15 rings (SSSR count). The third kappa shape index (κ3) is 5.87. The first-order chi connectivity index (χ1) is 34.7. The molecule has 0 bridgehead atoms. The highest BCUT2D eigenvalue weighted by Gasteiger charge is 2.21. The van der Waals surface area contributed by atoms with Crippen molar-refractivity contribution in [2.24, 2.45) is 0 Å². The zero-order valence-electron chi connectivity index (χ0n) is 37.8. The molecule has 0 unspecified atom stereocenters. The fourth-order valence-electron chi connectivity index (χ4n) is 11.4. The minimum Gasteiger partial charge on any atom is -0.456 e. The van der Waals surface area contributed by atoms with Crippen molar-refractivity contribution in [3.8, 4) is 27.9 Å². The summed E-state index contributed by atoms with van der Waals surface area (Å²) in [6.45, 7) is 0. The van der Waals surface area contributed by atoms with Crippen LogP contribution in [0.5, 0.6) is 0 Å². The van der Waals surface area contributed by atoms with Crippen molar-refractivity contribution in [2.45, 2.75) is 0 Å². The molecule has 0 radical (unpaired) electrons. The molecule has 15 aromatic rings. The lowest BCUT2D eigenvalue weighted by molar-refractivity contribution is 0.669. The minimum absolute atomic E-state index is 0.873. The SMILES string of the molecule is c1ccc(N(c2ccc(-c3ccc4c(c3)c3cc(-c5cccc6c5sc5ccccc56)ccc3n4-c3ccc4c5ccccc5c5ccccc5c4c3)cc2)c2cccc3oc4ccccc4c23)cc1. The first-order valence-corrected chi connectivity index (χ1v) is 24.7. The quantitative estimate of drug-likeness (QED) is 0.155. The summed E-state index contributed by atoms with van der Waals surface area (Å²) in [5.41, 5.74) is 13.3. The Bertz CT molecular complexity index is 4560. The van der Waals surface area contributed by atoms with Crippen LogP contribution in [-0.2, 0) is 0 Å². The second kappa shape index (κ2) is 15.3. The predicted molar refractivity (Wildman–Crippen MR) is 299 cm³/mol. The number of benzene rings is 12. The van der Waals surface area contributed by atoms with Gasteiger partial charge in [-0.15, -0.1) is 11.3 Å². The lowest BCUT2D eigenvalue weighted by Crippen LogP contribution is -2.10. The molecule has 0 saturated heterocycles. The van der Waals surface area contributed by atoms with Crippen molar-refractivity contribution in [1.29, 1.82) is 0 Å². The maximum atomic E-state index is 6.37. The van der Waals surface area contributed by atoms with E-state index in [1.54, 1.807) is 0 Å². The summed E-state index contributed by atoms with van der Waals surface area (Å²) >= 11 is 1.88. The van der Waals surface area contributed by atoms with Crippen LogP contribution in [0, 0.1) is 0 Å². The standard InChI is InChI=1S/C66H40N2OS/c1-2-14-44(15-3-1)67(61-24-13-26-63-65(61)55-21-8-10-25-62(55)69-63)45-32-28-41(29-33-45)42-30-36-59-57(38-42)58-39-43(47-22-12-23-54-53-20-9-11-27-64(53)70-66(47)54)31-37-60(58)68(59)46-34-35-52-50-18-5-4-16-48(50)49-17-6-7-19-51(49)56(52)40-46/h1-40H. The van der Waals surface area contributed by atoms with Crippen LogP contribution in [0.2, 0.25) is 0 Å². The van der Waals surface area contributed by atoms with E-state index in [0.29, 0.717) is 0 Å². The summed E-state index contributed by atoms with van der Waals surface area (Å²) in [7, 11) is 0. The van der Waals surface area contributed by atoms with Crippen LogP contribution in [0.1, 0.15) is 0 Å². The Morgan fingerprint density at radius 3 is 1.66 bits per heavy atom. The van der Waals surface area contributed by atoms with Crippen molar-refractivity contribution in [2.75, 3.05) is 4.90 Å². The first kappa shape index (κ1) is 39.1.